The zero-order valence-corrected chi connectivity index (χ0v) is 10.3. The summed E-state index contributed by atoms with van der Waals surface area (Å²) in [5, 5.41) is 0. The number of alkyl halides is 1. The molecule has 2 atom stereocenters. The van der Waals surface area contributed by atoms with Crippen molar-refractivity contribution in [3.8, 4) is 0 Å². The summed E-state index contributed by atoms with van der Waals surface area (Å²) in [5.74, 6) is 0.713. The first kappa shape index (κ1) is 10.4. The SMILES string of the molecule is IC[C@H]1C[C@@H](c2ccccc2)CCO1. The number of benzene rings is 1. The van der Waals surface area contributed by atoms with E-state index < -0.39 is 0 Å². The molecule has 1 fully saturated rings. The summed E-state index contributed by atoms with van der Waals surface area (Å²) >= 11 is 2.41. The highest BCUT2D eigenvalue weighted by atomic mass is 127. The highest BCUT2D eigenvalue weighted by Gasteiger charge is 2.22. The van der Waals surface area contributed by atoms with Crippen LogP contribution in [0.15, 0.2) is 30.3 Å². The van der Waals surface area contributed by atoms with Crippen molar-refractivity contribution in [2.24, 2.45) is 0 Å². The minimum absolute atomic E-state index is 0.467. The van der Waals surface area contributed by atoms with Crippen molar-refractivity contribution in [3.63, 3.8) is 0 Å². The predicted octanol–water partition coefficient (Wildman–Crippen LogP) is 3.38. The smallest absolute Gasteiger partial charge is 0.0670 e. The molecule has 0 amide bonds. The second-order valence-corrected chi connectivity index (χ2v) is 4.66. The molecular weight excluding hydrogens is 287 g/mol. The quantitative estimate of drug-likeness (QED) is 0.601. The van der Waals surface area contributed by atoms with Crippen molar-refractivity contribution < 1.29 is 4.74 Å². The lowest BCUT2D eigenvalue weighted by Gasteiger charge is -2.28. The Labute approximate surface area is 99.0 Å². The molecule has 1 aliphatic rings. The van der Waals surface area contributed by atoms with Crippen molar-refractivity contribution in [1.82, 2.24) is 0 Å². The van der Waals surface area contributed by atoms with Crippen LogP contribution in [0.25, 0.3) is 0 Å². The molecule has 0 aromatic heterocycles. The molecule has 1 saturated heterocycles. The normalized spacial score (nSPS) is 27.5. The summed E-state index contributed by atoms with van der Waals surface area (Å²) in [6.45, 7) is 0.924. The minimum atomic E-state index is 0.467. The number of rotatable bonds is 2. The summed E-state index contributed by atoms with van der Waals surface area (Å²) < 4.78 is 6.78. The van der Waals surface area contributed by atoms with Gasteiger partial charge in [0.15, 0.2) is 0 Å². The second kappa shape index (κ2) is 5.12. The van der Waals surface area contributed by atoms with Crippen molar-refractivity contribution in [2.75, 3.05) is 11.0 Å². The van der Waals surface area contributed by atoms with E-state index in [9.17, 15) is 0 Å². The maximum absolute atomic E-state index is 5.67. The van der Waals surface area contributed by atoms with E-state index in [1.807, 2.05) is 0 Å². The molecule has 0 aliphatic carbocycles. The third kappa shape index (κ3) is 2.48. The van der Waals surface area contributed by atoms with E-state index in [1.54, 1.807) is 0 Å². The van der Waals surface area contributed by atoms with Crippen LogP contribution in [0.1, 0.15) is 24.3 Å². The van der Waals surface area contributed by atoms with Gasteiger partial charge in [0.05, 0.1) is 6.10 Å². The average Bonchev–Trinajstić information content (AvgIpc) is 2.30. The Morgan fingerprint density at radius 1 is 1.29 bits per heavy atom. The van der Waals surface area contributed by atoms with Crippen molar-refractivity contribution >= 4 is 22.6 Å². The van der Waals surface area contributed by atoms with Gasteiger partial charge in [-0.3, -0.25) is 0 Å². The molecule has 0 spiro atoms. The summed E-state index contributed by atoms with van der Waals surface area (Å²) in [4.78, 5) is 0. The van der Waals surface area contributed by atoms with Crippen LogP contribution in [0.5, 0.6) is 0 Å². The van der Waals surface area contributed by atoms with Crippen LogP contribution < -0.4 is 0 Å². The maximum Gasteiger partial charge on any atom is 0.0670 e. The molecule has 14 heavy (non-hydrogen) atoms. The van der Waals surface area contributed by atoms with Crippen molar-refractivity contribution in [2.45, 2.75) is 24.9 Å². The lowest BCUT2D eigenvalue weighted by Crippen LogP contribution is -2.25. The fraction of sp³-hybridized carbons (Fsp3) is 0.500. The van der Waals surface area contributed by atoms with Crippen LogP contribution in [0, 0.1) is 0 Å². The minimum Gasteiger partial charge on any atom is -0.377 e. The molecule has 0 radical (unpaired) electrons. The van der Waals surface area contributed by atoms with Gasteiger partial charge in [0.2, 0.25) is 0 Å². The lowest BCUT2D eigenvalue weighted by molar-refractivity contribution is 0.0233. The van der Waals surface area contributed by atoms with Gasteiger partial charge in [0.25, 0.3) is 0 Å². The summed E-state index contributed by atoms with van der Waals surface area (Å²) in [7, 11) is 0. The average molecular weight is 302 g/mol. The number of hydrogen-bond donors (Lipinski definition) is 0. The number of ether oxygens (including phenoxy) is 1. The molecule has 2 heteroatoms. The lowest BCUT2D eigenvalue weighted by atomic mass is 9.89. The van der Waals surface area contributed by atoms with E-state index in [4.69, 9.17) is 4.74 Å². The topological polar surface area (TPSA) is 9.23 Å². The van der Waals surface area contributed by atoms with Gasteiger partial charge in [-0.15, -0.1) is 0 Å². The molecule has 1 aliphatic heterocycles. The van der Waals surface area contributed by atoms with Gasteiger partial charge < -0.3 is 4.74 Å². The van der Waals surface area contributed by atoms with E-state index in [2.05, 4.69) is 52.9 Å². The van der Waals surface area contributed by atoms with Crippen molar-refractivity contribution in [3.05, 3.63) is 35.9 Å². The van der Waals surface area contributed by atoms with Crippen LogP contribution >= 0.6 is 22.6 Å². The molecule has 76 valence electrons. The third-order valence-electron chi connectivity index (χ3n) is 2.81. The van der Waals surface area contributed by atoms with E-state index in [1.165, 1.54) is 18.4 Å². The van der Waals surface area contributed by atoms with Gasteiger partial charge in [-0.2, -0.15) is 0 Å². The van der Waals surface area contributed by atoms with E-state index in [0.717, 1.165) is 11.0 Å². The Balaban J connectivity index is 2.04. The van der Waals surface area contributed by atoms with Crippen LogP contribution in [0.3, 0.4) is 0 Å². The van der Waals surface area contributed by atoms with Gasteiger partial charge in [-0.1, -0.05) is 52.9 Å². The second-order valence-electron chi connectivity index (χ2n) is 3.78. The highest BCUT2D eigenvalue weighted by molar-refractivity contribution is 14.1. The zero-order valence-electron chi connectivity index (χ0n) is 8.16. The monoisotopic (exact) mass is 302 g/mol. The van der Waals surface area contributed by atoms with Gasteiger partial charge in [-0.25, -0.2) is 0 Å². The molecule has 2 rings (SSSR count). The molecule has 1 heterocycles. The third-order valence-corrected chi connectivity index (χ3v) is 3.79. The molecule has 0 unspecified atom stereocenters. The standard InChI is InChI=1S/C12H15IO/c13-9-12-8-11(6-7-14-12)10-4-2-1-3-5-10/h1-5,11-12H,6-9H2/t11-,12+/m0/s1. The van der Waals surface area contributed by atoms with E-state index in [-0.39, 0.29) is 0 Å². The Bertz CT molecular complexity index is 273. The Morgan fingerprint density at radius 3 is 2.79 bits per heavy atom. The molecule has 1 aromatic rings. The Hall–Kier alpha value is -0.0900. The number of hydrogen-bond acceptors (Lipinski definition) is 1. The molecule has 0 N–H and O–H groups in total. The summed E-state index contributed by atoms with van der Waals surface area (Å²) in [6.07, 6.45) is 2.83. The molecule has 1 aromatic carbocycles. The maximum atomic E-state index is 5.67. The van der Waals surface area contributed by atoms with E-state index >= 15 is 0 Å². The molecule has 0 bridgehead atoms. The van der Waals surface area contributed by atoms with Crippen LogP contribution in [0.2, 0.25) is 0 Å². The summed E-state index contributed by atoms with van der Waals surface area (Å²) in [6, 6.07) is 10.8. The van der Waals surface area contributed by atoms with Crippen LogP contribution in [-0.2, 0) is 4.74 Å². The molecule has 0 saturated carbocycles. The van der Waals surface area contributed by atoms with Crippen LogP contribution in [0.4, 0.5) is 0 Å². The highest BCUT2D eigenvalue weighted by Crippen LogP contribution is 2.30. The van der Waals surface area contributed by atoms with E-state index in [0.29, 0.717) is 12.0 Å². The predicted molar refractivity (Wildman–Crippen MR) is 67.0 cm³/mol. The largest absolute Gasteiger partial charge is 0.377 e. The molecular formula is C12H15IO. The van der Waals surface area contributed by atoms with Gasteiger partial charge in [0.1, 0.15) is 0 Å². The first-order valence-electron chi connectivity index (χ1n) is 5.12. The molecule has 1 nitrogen and oxygen atoms in total. The van der Waals surface area contributed by atoms with Crippen molar-refractivity contribution in [1.29, 1.82) is 0 Å². The van der Waals surface area contributed by atoms with Gasteiger partial charge in [0, 0.05) is 11.0 Å². The summed E-state index contributed by atoms with van der Waals surface area (Å²) in [5.41, 5.74) is 1.48. The Morgan fingerprint density at radius 2 is 2.07 bits per heavy atom. The number of halogens is 1. The first-order chi connectivity index (χ1) is 6.90. The fourth-order valence-corrected chi connectivity index (χ4v) is 2.63. The zero-order chi connectivity index (χ0) is 9.80. The first-order valence-corrected chi connectivity index (χ1v) is 6.65. The van der Waals surface area contributed by atoms with Gasteiger partial charge >= 0.3 is 0 Å². The van der Waals surface area contributed by atoms with Gasteiger partial charge in [-0.05, 0) is 24.3 Å². The fourth-order valence-electron chi connectivity index (χ4n) is 2.02. The Kier molecular flexibility index (Phi) is 3.81. The van der Waals surface area contributed by atoms with Crippen LogP contribution in [-0.4, -0.2) is 17.1 Å².